The topological polar surface area (TPSA) is 56.0 Å². The number of rotatable bonds is 2. The van der Waals surface area contributed by atoms with E-state index in [1.165, 1.54) is 25.7 Å². The van der Waals surface area contributed by atoms with Crippen molar-refractivity contribution in [3.05, 3.63) is 11.7 Å². The van der Waals surface area contributed by atoms with Crippen LogP contribution in [0, 0.1) is 11.8 Å². The Labute approximate surface area is 106 Å². The number of carbonyl (C=O) groups is 1. The third-order valence-electron chi connectivity index (χ3n) is 5.13. The van der Waals surface area contributed by atoms with Crippen molar-refractivity contribution in [2.24, 2.45) is 11.8 Å². The Kier molecular flexibility index (Phi) is 2.32. The van der Waals surface area contributed by atoms with Crippen molar-refractivity contribution in [3.8, 4) is 0 Å². The maximum absolute atomic E-state index is 11.7. The van der Waals surface area contributed by atoms with Crippen molar-refractivity contribution in [1.82, 2.24) is 10.1 Å². The normalized spacial score (nSPS) is 38.8. The van der Waals surface area contributed by atoms with Gasteiger partial charge in [-0.1, -0.05) is 11.6 Å². The molecule has 4 nitrogen and oxygen atoms in total. The van der Waals surface area contributed by atoms with Crippen molar-refractivity contribution in [3.63, 3.8) is 0 Å². The van der Waals surface area contributed by atoms with Crippen LogP contribution in [0.3, 0.4) is 0 Å². The van der Waals surface area contributed by atoms with Crippen molar-refractivity contribution in [2.75, 3.05) is 0 Å². The second-order valence-corrected chi connectivity index (χ2v) is 6.18. The zero-order valence-corrected chi connectivity index (χ0v) is 10.5. The molecule has 3 aliphatic carbocycles. The lowest BCUT2D eigenvalue weighted by atomic mass is 9.88. The van der Waals surface area contributed by atoms with E-state index >= 15 is 0 Å². The van der Waals surface area contributed by atoms with Crippen LogP contribution < -0.4 is 0 Å². The predicted molar refractivity (Wildman–Crippen MR) is 64.1 cm³/mol. The lowest BCUT2D eigenvalue weighted by Crippen LogP contribution is -2.10. The molecule has 4 unspecified atom stereocenters. The Morgan fingerprint density at radius 2 is 2.11 bits per heavy atom. The lowest BCUT2D eigenvalue weighted by Gasteiger charge is -2.17. The zero-order valence-electron chi connectivity index (χ0n) is 10.5. The Hall–Kier alpha value is -1.19. The summed E-state index contributed by atoms with van der Waals surface area (Å²) >= 11 is 0. The summed E-state index contributed by atoms with van der Waals surface area (Å²) in [6.45, 7) is 0. The molecule has 0 aliphatic heterocycles. The molecule has 0 saturated heterocycles. The minimum Gasteiger partial charge on any atom is -0.339 e. The fraction of sp³-hybridized carbons (Fsp3) is 0.786. The molecule has 3 aliphatic rings. The van der Waals surface area contributed by atoms with Gasteiger partial charge in [0.2, 0.25) is 5.89 Å². The molecule has 18 heavy (non-hydrogen) atoms. The highest BCUT2D eigenvalue weighted by molar-refractivity contribution is 5.86. The molecule has 0 amide bonds. The maximum Gasteiger partial charge on any atom is 0.237 e. The minimum absolute atomic E-state index is 0.107. The molecule has 2 bridgehead atoms. The summed E-state index contributed by atoms with van der Waals surface area (Å²) in [5.74, 6) is 3.77. The molecular weight excluding hydrogens is 228 g/mol. The van der Waals surface area contributed by atoms with E-state index in [0.29, 0.717) is 18.2 Å². The molecule has 4 heteroatoms. The third-order valence-corrected chi connectivity index (χ3v) is 5.13. The maximum atomic E-state index is 11.7. The van der Waals surface area contributed by atoms with Crippen molar-refractivity contribution >= 4 is 5.78 Å². The smallest absolute Gasteiger partial charge is 0.237 e. The zero-order chi connectivity index (χ0) is 12.1. The molecule has 0 N–H and O–H groups in total. The number of fused-ring (bicyclic) bond motifs is 2. The molecule has 96 valence electrons. The van der Waals surface area contributed by atoms with Crippen LogP contribution in [-0.2, 0) is 4.79 Å². The van der Waals surface area contributed by atoms with E-state index in [2.05, 4.69) is 10.1 Å². The number of nitrogens with zero attached hydrogens (tertiary/aromatic N) is 2. The summed E-state index contributed by atoms with van der Waals surface area (Å²) in [4.78, 5) is 16.2. The molecule has 1 aromatic heterocycles. The number of aromatic nitrogens is 2. The SMILES string of the molecule is O=C1CCCC1c1nc(C2CC3CCC2C3)no1. The first-order valence-corrected chi connectivity index (χ1v) is 7.17. The summed E-state index contributed by atoms with van der Waals surface area (Å²) in [6, 6.07) is 0. The van der Waals surface area contributed by atoms with Crippen LogP contribution in [0.5, 0.6) is 0 Å². The molecular formula is C14H18N2O2. The lowest BCUT2D eigenvalue weighted by molar-refractivity contribution is -0.119. The van der Waals surface area contributed by atoms with Gasteiger partial charge in [-0.25, -0.2) is 0 Å². The highest BCUT2D eigenvalue weighted by Gasteiger charge is 2.43. The van der Waals surface area contributed by atoms with E-state index in [1.54, 1.807) is 0 Å². The van der Waals surface area contributed by atoms with Gasteiger partial charge in [-0.05, 0) is 43.9 Å². The van der Waals surface area contributed by atoms with E-state index < -0.39 is 0 Å². The van der Waals surface area contributed by atoms with Gasteiger partial charge in [-0.2, -0.15) is 4.98 Å². The fourth-order valence-corrected chi connectivity index (χ4v) is 4.18. The Morgan fingerprint density at radius 1 is 1.17 bits per heavy atom. The van der Waals surface area contributed by atoms with Gasteiger partial charge < -0.3 is 4.52 Å². The average molecular weight is 246 g/mol. The van der Waals surface area contributed by atoms with Crippen LogP contribution in [0.2, 0.25) is 0 Å². The van der Waals surface area contributed by atoms with Gasteiger partial charge in [0.15, 0.2) is 5.82 Å². The van der Waals surface area contributed by atoms with Crippen LogP contribution in [0.15, 0.2) is 4.52 Å². The number of ketones is 1. The van der Waals surface area contributed by atoms with Crippen molar-refractivity contribution in [1.29, 1.82) is 0 Å². The van der Waals surface area contributed by atoms with Gasteiger partial charge in [0.05, 0.1) is 5.92 Å². The second kappa shape index (κ2) is 3.90. The van der Waals surface area contributed by atoms with E-state index in [9.17, 15) is 4.79 Å². The van der Waals surface area contributed by atoms with Gasteiger partial charge in [0, 0.05) is 12.3 Å². The third kappa shape index (κ3) is 1.54. The number of hydrogen-bond donors (Lipinski definition) is 0. The van der Waals surface area contributed by atoms with E-state index in [1.807, 2.05) is 0 Å². The molecule has 0 spiro atoms. The van der Waals surface area contributed by atoms with E-state index in [4.69, 9.17) is 4.52 Å². The number of hydrogen-bond acceptors (Lipinski definition) is 4. The molecule has 1 heterocycles. The monoisotopic (exact) mass is 246 g/mol. The molecule has 0 radical (unpaired) electrons. The van der Waals surface area contributed by atoms with Crippen LogP contribution >= 0.6 is 0 Å². The van der Waals surface area contributed by atoms with Gasteiger partial charge in [0.1, 0.15) is 5.78 Å². The molecule has 3 fully saturated rings. The number of Topliss-reactive ketones (excluding diaryl/α,β-unsaturated/α-hetero) is 1. The van der Waals surface area contributed by atoms with Crippen LogP contribution in [0.4, 0.5) is 0 Å². The highest BCUT2D eigenvalue weighted by Crippen LogP contribution is 2.52. The summed E-state index contributed by atoms with van der Waals surface area (Å²) < 4.78 is 5.36. The first kappa shape index (κ1) is 10.7. The summed E-state index contributed by atoms with van der Waals surface area (Å²) in [5, 5.41) is 4.16. The van der Waals surface area contributed by atoms with Crippen molar-refractivity contribution < 1.29 is 9.32 Å². The molecule has 0 aromatic carbocycles. The Morgan fingerprint density at radius 3 is 2.78 bits per heavy atom. The Balaban J connectivity index is 1.57. The number of carbonyl (C=O) groups excluding carboxylic acids is 1. The van der Waals surface area contributed by atoms with Crippen LogP contribution in [-0.4, -0.2) is 15.9 Å². The standard InChI is InChI=1S/C14H18N2O2/c17-12-3-1-2-10(12)14-15-13(16-18-14)11-7-8-4-5-9(11)6-8/h8-11H,1-7H2. The molecule has 1 aromatic rings. The molecule has 3 saturated carbocycles. The highest BCUT2D eigenvalue weighted by atomic mass is 16.5. The van der Waals surface area contributed by atoms with Crippen molar-refractivity contribution in [2.45, 2.75) is 56.8 Å². The molecule has 4 rings (SSSR count). The summed E-state index contributed by atoms with van der Waals surface area (Å²) in [7, 11) is 0. The largest absolute Gasteiger partial charge is 0.339 e. The minimum atomic E-state index is -0.107. The van der Waals surface area contributed by atoms with Gasteiger partial charge in [-0.3, -0.25) is 4.79 Å². The van der Waals surface area contributed by atoms with Gasteiger partial charge in [0.25, 0.3) is 0 Å². The van der Waals surface area contributed by atoms with Gasteiger partial charge >= 0.3 is 0 Å². The van der Waals surface area contributed by atoms with E-state index in [0.717, 1.165) is 30.5 Å². The van der Waals surface area contributed by atoms with E-state index in [-0.39, 0.29) is 11.7 Å². The fourth-order valence-electron chi connectivity index (χ4n) is 4.18. The van der Waals surface area contributed by atoms with Gasteiger partial charge in [-0.15, -0.1) is 0 Å². The quantitative estimate of drug-likeness (QED) is 0.805. The first-order chi connectivity index (χ1) is 8.81. The van der Waals surface area contributed by atoms with Crippen LogP contribution in [0.1, 0.15) is 68.5 Å². The first-order valence-electron chi connectivity index (χ1n) is 7.17. The predicted octanol–water partition coefficient (Wildman–Crippen LogP) is 2.81. The molecule has 4 atom stereocenters. The summed E-state index contributed by atoms with van der Waals surface area (Å²) in [6.07, 6.45) is 7.80. The van der Waals surface area contributed by atoms with Crippen LogP contribution in [0.25, 0.3) is 0 Å². The second-order valence-electron chi connectivity index (χ2n) is 6.18. The summed E-state index contributed by atoms with van der Waals surface area (Å²) in [5.41, 5.74) is 0. The Bertz CT molecular complexity index is 482. The average Bonchev–Trinajstić information content (AvgIpc) is 3.12.